The maximum absolute atomic E-state index is 5.84. The van der Waals surface area contributed by atoms with Gasteiger partial charge in [0.15, 0.2) is 0 Å². The van der Waals surface area contributed by atoms with Crippen molar-refractivity contribution in [1.82, 2.24) is 10.6 Å². The van der Waals surface area contributed by atoms with Crippen LogP contribution in [0.25, 0.3) is 0 Å². The molecule has 1 rings (SSSR count). The first-order valence-corrected chi connectivity index (χ1v) is 7.95. The van der Waals surface area contributed by atoms with Crippen LogP contribution in [0, 0.1) is 0 Å². The molecule has 1 atom stereocenters. The van der Waals surface area contributed by atoms with Crippen LogP contribution in [-0.2, 0) is 13.3 Å². The molecule has 1 saturated heterocycles. The summed E-state index contributed by atoms with van der Waals surface area (Å²) in [6.07, 6.45) is 0. The van der Waals surface area contributed by atoms with Crippen LogP contribution in [0.4, 0.5) is 0 Å². The van der Waals surface area contributed by atoms with E-state index in [1.807, 2.05) is 20.8 Å². The molecule has 1 fully saturated rings. The summed E-state index contributed by atoms with van der Waals surface area (Å²) < 4.78 is 17.5. The van der Waals surface area contributed by atoms with E-state index in [4.69, 9.17) is 13.3 Å². The highest BCUT2D eigenvalue weighted by Crippen LogP contribution is 2.16. The van der Waals surface area contributed by atoms with Gasteiger partial charge in [-0.05, 0) is 20.8 Å². The van der Waals surface area contributed by atoms with Gasteiger partial charge in [-0.3, -0.25) is 0 Å². The van der Waals surface area contributed by atoms with Crippen LogP contribution in [0.5, 0.6) is 0 Å². The summed E-state index contributed by atoms with van der Waals surface area (Å²) in [5.41, 5.74) is 0.168. The largest absolute Gasteiger partial charge is 0.520 e. The van der Waals surface area contributed by atoms with Crippen LogP contribution < -0.4 is 10.6 Å². The Hall–Kier alpha value is 0.0169. The van der Waals surface area contributed by atoms with Crippen molar-refractivity contribution < 1.29 is 13.3 Å². The molecule has 1 aliphatic rings. The van der Waals surface area contributed by atoms with E-state index in [0.717, 1.165) is 19.6 Å². The van der Waals surface area contributed by atoms with Gasteiger partial charge in [-0.15, -0.1) is 0 Å². The maximum atomic E-state index is 5.84. The molecule has 6 heteroatoms. The van der Waals surface area contributed by atoms with Gasteiger partial charge in [0.25, 0.3) is 0 Å². The van der Waals surface area contributed by atoms with Crippen LogP contribution >= 0.6 is 0 Å². The zero-order valence-electron chi connectivity index (χ0n) is 10.5. The molecule has 0 aromatic rings. The first-order valence-electron chi connectivity index (χ1n) is 6.15. The van der Waals surface area contributed by atoms with E-state index in [1.165, 1.54) is 0 Å². The molecule has 0 aromatic heterocycles. The molecule has 16 heavy (non-hydrogen) atoms. The third-order valence-corrected chi connectivity index (χ3v) is 5.84. The molecule has 0 aromatic carbocycles. The number of nitrogens with one attached hydrogen (secondary N) is 2. The Balaban J connectivity index is 2.70. The minimum Gasteiger partial charge on any atom is -0.373 e. The average Bonchev–Trinajstić information content (AvgIpc) is 2.31. The topological polar surface area (TPSA) is 51.8 Å². The summed E-state index contributed by atoms with van der Waals surface area (Å²) in [6.45, 7) is 10.6. The number of hydrogen-bond donors (Lipinski definition) is 2. The Kier molecular flexibility index (Phi) is 6.48. The molecule has 1 heterocycles. The summed E-state index contributed by atoms with van der Waals surface area (Å²) in [4.78, 5) is 0. The first-order chi connectivity index (χ1) is 7.79. The molecular formula is C10H24N2O3Si. The number of hydrogen-bond acceptors (Lipinski definition) is 5. The normalized spacial score (nSPS) is 22.3. The highest BCUT2D eigenvalue weighted by atomic mass is 28.4. The molecular weight excluding hydrogens is 224 g/mol. The van der Waals surface area contributed by atoms with E-state index >= 15 is 0 Å². The summed E-state index contributed by atoms with van der Waals surface area (Å²) >= 11 is 0. The van der Waals surface area contributed by atoms with E-state index in [1.54, 1.807) is 0 Å². The van der Waals surface area contributed by atoms with E-state index in [2.05, 4.69) is 10.6 Å². The monoisotopic (exact) mass is 248 g/mol. The lowest BCUT2D eigenvalue weighted by Gasteiger charge is -2.37. The summed E-state index contributed by atoms with van der Waals surface area (Å²) in [5.74, 6) is 0. The van der Waals surface area contributed by atoms with Gasteiger partial charge in [0.2, 0.25) is 0 Å². The molecule has 0 spiro atoms. The van der Waals surface area contributed by atoms with Crippen molar-refractivity contribution in [1.29, 1.82) is 0 Å². The van der Waals surface area contributed by atoms with Crippen molar-refractivity contribution in [2.24, 2.45) is 0 Å². The molecule has 0 saturated carbocycles. The second-order valence-corrected chi connectivity index (χ2v) is 6.38. The average molecular weight is 248 g/mol. The molecule has 0 bridgehead atoms. The highest BCUT2D eigenvalue weighted by molar-refractivity contribution is 6.62. The minimum absolute atomic E-state index is 0.168. The SMILES string of the molecule is CCO[Si](OCC)(OCC)C1CNCCN1. The third-order valence-electron chi connectivity index (χ3n) is 2.50. The lowest BCUT2D eigenvalue weighted by atomic mass is 10.4. The van der Waals surface area contributed by atoms with E-state index in [9.17, 15) is 0 Å². The lowest BCUT2D eigenvalue weighted by Crippen LogP contribution is -2.68. The van der Waals surface area contributed by atoms with Gasteiger partial charge in [-0.2, -0.15) is 0 Å². The number of piperazine rings is 1. The van der Waals surface area contributed by atoms with Crippen molar-refractivity contribution >= 4 is 8.80 Å². The zero-order valence-corrected chi connectivity index (χ0v) is 11.5. The van der Waals surface area contributed by atoms with Crippen molar-refractivity contribution in [3.05, 3.63) is 0 Å². The van der Waals surface area contributed by atoms with Gasteiger partial charge >= 0.3 is 8.80 Å². The fourth-order valence-corrected chi connectivity index (χ4v) is 4.78. The molecule has 1 unspecified atom stereocenters. The Labute approximate surface area is 99.2 Å². The number of rotatable bonds is 7. The molecule has 2 N–H and O–H groups in total. The minimum atomic E-state index is -2.57. The second-order valence-electron chi connectivity index (χ2n) is 3.61. The quantitative estimate of drug-likeness (QED) is 0.628. The van der Waals surface area contributed by atoms with Crippen LogP contribution in [-0.4, -0.2) is 53.9 Å². The zero-order chi connectivity index (χ0) is 11.9. The van der Waals surface area contributed by atoms with Gasteiger partial charge in [0.1, 0.15) is 0 Å². The van der Waals surface area contributed by atoms with Crippen molar-refractivity contribution in [2.75, 3.05) is 39.5 Å². The molecule has 0 aliphatic carbocycles. The van der Waals surface area contributed by atoms with Crippen LogP contribution in [0.1, 0.15) is 20.8 Å². The first kappa shape index (κ1) is 14.1. The smallest absolute Gasteiger partial charge is 0.373 e. The third kappa shape index (κ3) is 3.51. The Morgan fingerprint density at radius 1 is 1.00 bits per heavy atom. The summed E-state index contributed by atoms with van der Waals surface area (Å²) in [6, 6.07) is 0. The van der Waals surface area contributed by atoms with Crippen molar-refractivity contribution in [2.45, 2.75) is 26.4 Å². The van der Waals surface area contributed by atoms with E-state index in [-0.39, 0.29) is 5.67 Å². The molecule has 0 radical (unpaired) electrons. The Bertz CT molecular complexity index is 172. The van der Waals surface area contributed by atoms with Gasteiger partial charge in [0, 0.05) is 39.5 Å². The standard InChI is InChI=1S/C10H24N2O3Si/c1-4-13-16(14-5-2,15-6-3)10-9-11-7-8-12-10/h10-12H,4-9H2,1-3H3. The van der Waals surface area contributed by atoms with Crippen LogP contribution in [0.3, 0.4) is 0 Å². The predicted octanol–water partition coefficient (Wildman–Crippen LogP) is 0.135. The highest BCUT2D eigenvalue weighted by Gasteiger charge is 2.49. The van der Waals surface area contributed by atoms with Gasteiger partial charge < -0.3 is 23.9 Å². The van der Waals surface area contributed by atoms with Crippen LogP contribution in [0.2, 0.25) is 0 Å². The van der Waals surface area contributed by atoms with Gasteiger partial charge in [-0.1, -0.05) is 0 Å². The summed E-state index contributed by atoms with van der Waals surface area (Å²) in [7, 11) is -2.57. The molecule has 96 valence electrons. The van der Waals surface area contributed by atoms with Crippen molar-refractivity contribution in [3.63, 3.8) is 0 Å². The van der Waals surface area contributed by atoms with E-state index in [0.29, 0.717) is 19.8 Å². The second kappa shape index (κ2) is 7.36. The van der Waals surface area contributed by atoms with Crippen molar-refractivity contribution in [3.8, 4) is 0 Å². The van der Waals surface area contributed by atoms with E-state index < -0.39 is 8.80 Å². The van der Waals surface area contributed by atoms with Crippen LogP contribution in [0.15, 0.2) is 0 Å². The van der Waals surface area contributed by atoms with Gasteiger partial charge in [-0.25, -0.2) is 0 Å². The van der Waals surface area contributed by atoms with Gasteiger partial charge in [0.05, 0.1) is 5.67 Å². The Morgan fingerprint density at radius 2 is 1.56 bits per heavy atom. The summed E-state index contributed by atoms with van der Waals surface area (Å²) in [5, 5.41) is 6.79. The molecule has 5 nitrogen and oxygen atoms in total. The Morgan fingerprint density at radius 3 is 1.94 bits per heavy atom. The lowest BCUT2D eigenvalue weighted by molar-refractivity contribution is 0.0561. The molecule has 1 aliphatic heterocycles. The maximum Gasteiger partial charge on any atom is 0.520 e. The fraction of sp³-hybridized carbons (Fsp3) is 1.00. The molecule has 0 amide bonds. The fourth-order valence-electron chi connectivity index (χ4n) is 1.93. The predicted molar refractivity (Wildman–Crippen MR) is 65.3 cm³/mol.